The minimum absolute atomic E-state index is 0. The molecule has 1 saturated carbocycles. The summed E-state index contributed by atoms with van der Waals surface area (Å²) in [7, 11) is 0. The summed E-state index contributed by atoms with van der Waals surface area (Å²) in [5, 5.41) is 3.34. The summed E-state index contributed by atoms with van der Waals surface area (Å²) in [4.78, 5) is 19.1. The van der Waals surface area contributed by atoms with Crippen molar-refractivity contribution in [3.05, 3.63) is 40.4 Å². The second kappa shape index (κ2) is 7.00. The molecular formula is C17H19Cl2N3OS. The topological polar surface area (TPSA) is 59.2 Å². The number of nitrogens with zero attached hydrogens (tertiary/aromatic N) is 2. The number of fused-ring (bicyclic) bond motifs is 1. The Kier molecular flexibility index (Phi) is 5.16. The van der Waals surface area contributed by atoms with Crippen LogP contribution in [0, 0.1) is 11.8 Å². The van der Waals surface area contributed by atoms with Crippen LogP contribution in [0.25, 0.3) is 10.6 Å². The molecule has 0 bridgehead atoms. The van der Waals surface area contributed by atoms with Gasteiger partial charge >= 0.3 is 0 Å². The van der Waals surface area contributed by atoms with E-state index in [0.717, 1.165) is 36.5 Å². The van der Waals surface area contributed by atoms with Crippen LogP contribution in [0.15, 0.2) is 29.6 Å². The van der Waals surface area contributed by atoms with Gasteiger partial charge in [-0.15, -0.1) is 23.7 Å². The van der Waals surface area contributed by atoms with Gasteiger partial charge in [-0.1, -0.05) is 23.7 Å². The number of aromatic nitrogens is 1. The minimum Gasteiger partial charge on any atom is -0.337 e. The molecule has 2 aliphatic rings. The number of halogens is 2. The van der Waals surface area contributed by atoms with Crippen molar-refractivity contribution in [2.45, 2.75) is 18.9 Å². The fourth-order valence-electron chi connectivity index (χ4n) is 3.76. The summed E-state index contributed by atoms with van der Waals surface area (Å²) in [5.41, 5.74) is 7.62. The van der Waals surface area contributed by atoms with Gasteiger partial charge in [-0.2, -0.15) is 0 Å². The molecule has 0 radical (unpaired) electrons. The van der Waals surface area contributed by atoms with Gasteiger partial charge in [-0.25, -0.2) is 4.98 Å². The van der Waals surface area contributed by atoms with Gasteiger partial charge in [0.25, 0.3) is 5.91 Å². The first-order valence-electron chi connectivity index (χ1n) is 7.88. The van der Waals surface area contributed by atoms with Crippen molar-refractivity contribution in [1.29, 1.82) is 0 Å². The fourth-order valence-corrected chi connectivity index (χ4v) is 4.74. The summed E-state index contributed by atoms with van der Waals surface area (Å²) in [6, 6.07) is 7.79. The third kappa shape index (κ3) is 3.18. The van der Waals surface area contributed by atoms with Crippen LogP contribution in [0.4, 0.5) is 0 Å². The molecular weight excluding hydrogens is 365 g/mol. The summed E-state index contributed by atoms with van der Waals surface area (Å²) in [6.07, 6.45) is 2.23. The van der Waals surface area contributed by atoms with Crippen LogP contribution in [-0.2, 0) is 0 Å². The number of amides is 1. The molecule has 2 fully saturated rings. The van der Waals surface area contributed by atoms with Gasteiger partial charge in [0.1, 0.15) is 10.7 Å². The molecule has 128 valence electrons. The molecule has 2 N–H and O–H groups in total. The van der Waals surface area contributed by atoms with Gasteiger partial charge < -0.3 is 10.6 Å². The third-order valence-electron chi connectivity index (χ3n) is 4.99. The lowest BCUT2D eigenvalue weighted by molar-refractivity contribution is 0.0774. The number of nitrogens with two attached hydrogens (primary N) is 1. The van der Waals surface area contributed by atoms with Crippen molar-refractivity contribution in [3.63, 3.8) is 0 Å². The van der Waals surface area contributed by atoms with E-state index in [2.05, 4.69) is 4.98 Å². The Morgan fingerprint density at radius 2 is 2.17 bits per heavy atom. The molecule has 2 heterocycles. The number of thiazole rings is 1. The second-order valence-electron chi connectivity index (χ2n) is 6.42. The van der Waals surface area contributed by atoms with Gasteiger partial charge in [-0.05, 0) is 36.8 Å². The Balaban J connectivity index is 0.00000169. The Morgan fingerprint density at radius 1 is 1.33 bits per heavy atom. The summed E-state index contributed by atoms with van der Waals surface area (Å²) >= 11 is 7.50. The maximum atomic E-state index is 12.7. The van der Waals surface area contributed by atoms with Crippen LogP contribution >= 0.6 is 35.3 Å². The average molecular weight is 384 g/mol. The lowest BCUT2D eigenvalue weighted by atomic mass is 9.98. The zero-order valence-electron chi connectivity index (χ0n) is 13.0. The molecule has 0 spiro atoms. The van der Waals surface area contributed by atoms with Crippen LogP contribution in [0.1, 0.15) is 23.3 Å². The van der Waals surface area contributed by atoms with Crippen molar-refractivity contribution in [3.8, 4) is 10.6 Å². The molecule has 1 saturated heterocycles. The van der Waals surface area contributed by atoms with E-state index in [0.29, 0.717) is 22.6 Å². The Hall–Kier alpha value is -1.14. The summed E-state index contributed by atoms with van der Waals surface area (Å²) in [6.45, 7) is 1.59. The smallest absolute Gasteiger partial charge is 0.273 e. The molecule has 1 aromatic carbocycles. The van der Waals surface area contributed by atoms with Gasteiger partial charge in [0.2, 0.25) is 0 Å². The maximum absolute atomic E-state index is 12.7. The number of likely N-dealkylation sites (tertiary alicyclic amines) is 1. The molecule has 3 unspecified atom stereocenters. The fraction of sp³-hybridized carbons (Fsp3) is 0.412. The largest absolute Gasteiger partial charge is 0.337 e. The van der Waals surface area contributed by atoms with E-state index in [-0.39, 0.29) is 24.4 Å². The molecule has 1 aliphatic carbocycles. The van der Waals surface area contributed by atoms with E-state index in [1.807, 2.05) is 34.5 Å². The number of carbonyl (C=O) groups is 1. The molecule has 1 amide bonds. The maximum Gasteiger partial charge on any atom is 0.273 e. The number of hydrogen-bond donors (Lipinski definition) is 1. The standard InChI is InChI=1S/C17H18ClN3OS.ClH/c18-12-3-1-2-10(6-12)16-20-15(9-23-16)17(22)21-7-11-4-5-14(19)13(11)8-21;/h1-3,6,9,11,13-14H,4-5,7-8,19H2;1H. The van der Waals surface area contributed by atoms with Crippen molar-refractivity contribution < 1.29 is 4.79 Å². The Labute approximate surface area is 156 Å². The van der Waals surface area contributed by atoms with Crippen LogP contribution in [0.3, 0.4) is 0 Å². The second-order valence-corrected chi connectivity index (χ2v) is 7.72. The van der Waals surface area contributed by atoms with E-state index < -0.39 is 0 Å². The number of hydrogen-bond acceptors (Lipinski definition) is 4. The normalized spacial score (nSPS) is 25.4. The van der Waals surface area contributed by atoms with Crippen molar-refractivity contribution in [1.82, 2.24) is 9.88 Å². The predicted molar refractivity (Wildman–Crippen MR) is 99.9 cm³/mol. The minimum atomic E-state index is 0. The number of rotatable bonds is 2. The monoisotopic (exact) mass is 383 g/mol. The van der Waals surface area contributed by atoms with Crippen LogP contribution in [0.5, 0.6) is 0 Å². The van der Waals surface area contributed by atoms with Gasteiger partial charge in [0.15, 0.2) is 0 Å². The lowest BCUT2D eigenvalue weighted by Gasteiger charge is -2.17. The van der Waals surface area contributed by atoms with Gasteiger partial charge in [0, 0.05) is 35.1 Å². The van der Waals surface area contributed by atoms with E-state index in [1.165, 1.54) is 11.3 Å². The highest BCUT2D eigenvalue weighted by molar-refractivity contribution is 7.13. The molecule has 3 atom stereocenters. The molecule has 1 aliphatic heterocycles. The lowest BCUT2D eigenvalue weighted by Crippen LogP contribution is -2.33. The first-order valence-corrected chi connectivity index (χ1v) is 9.14. The molecule has 7 heteroatoms. The van der Waals surface area contributed by atoms with Gasteiger partial charge in [0.05, 0.1) is 0 Å². The number of carbonyl (C=O) groups excluding carboxylic acids is 1. The average Bonchev–Trinajstić information content (AvgIpc) is 3.24. The zero-order chi connectivity index (χ0) is 16.0. The number of benzene rings is 1. The molecule has 24 heavy (non-hydrogen) atoms. The summed E-state index contributed by atoms with van der Waals surface area (Å²) in [5.74, 6) is 1.06. The van der Waals surface area contributed by atoms with Crippen molar-refractivity contribution >= 4 is 41.3 Å². The van der Waals surface area contributed by atoms with Crippen LogP contribution in [-0.4, -0.2) is 34.9 Å². The van der Waals surface area contributed by atoms with Crippen molar-refractivity contribution in [2.75, 3.05) is 13.1 Å². The first kappa shape index (κ1) is 17.7. The predicted octanol–water partition coefficient (Wildman–Crippen LogP) is 3.69. The summed E-state index contributed by atoms with van der Waals surface area (Å²) < 4.78 is 0. The third-order valence-corrected chi connectivity index (χ3v) is 6.12. The highest BCUT2D eigenvalue weighted by atomic mass is 35.5. The van der Waals surface area contributed by atoms with Crippen LogP contribution < -0.4 is 5.73 Å². The van der Waals surface area contributed by atoms with Gasteiger partial charge in [-0.3, -0.25) is 4.79 Å². The zero-order valence-corrected chi connectivity index (χ0v) is 15.4. The molecule has 4 rings (SSSR count). The molecule has 2 aromatic rings. The Morgan fingerprint density at radius 3 is 2.92 bits per heavy atom. The highest BCUT2D eigenvalue weighted by Gasteiger charge is 2.42. The molecule has 1 aromatic heterocycles. The highest BCUT2D eigenvalue weighted by Crippen LogP contribution is 2.37. The van der Waals surface area contributed by atoms with Crippen LogP contribution in [0.2, 0.25) is 5.02 Å². The molecule has 4 nitrogen and oxygen atoms in total. The first-order chi connectivity index (χ1) is 11.1. The van der Waals surface area contributed by atoms with E-state index >= 15 is 0 Å². The van der Waals surface area contributed by atoms with E-state index in [4.69, 9.17) is 17.3 Å². The Bertz CT molecular complexity index is 751. The van der Waals surface area contributed by atoms with Crippen molar-refractivity contribution in [2.24, 2.45) is 17.6 Å². The van der Waals surface area contributed by atoms with E-state index in [1.54, 1.807) is 0 Å². The van der Waals surface area contributed by atoms with E-state index in [9.17, 15) is 4.79 Å². The quantitative estimate of drug-likeness (QED) is 0.859. The SMILES string of the molecule is Cl.NC1CCC2CN(C(=O)c3csc(-c4cccc(Cl)c4)n3)CC12.